The minimum atomic E-state index is -3.98. The zero-order chi connectivity index (χ0) is 23.8. The summed E-state index contributed by atoms with van der Waals surface area (Å²) in [5.74, 6) is -2.18. The van der Waals surface area contributed by atoms with Crippen LogP contribution in [0, 0.1) is 12.7 Å². The molecule has 178 valence electrons. The molecule has 1 heterocycles. The number of ether oxygens (including phenoxy) is 1. The highest BCUT2D eigenvalue weighted by molar-refractivity contribution is 7.89. The number of sulfonamides is 1. The number of aryl methyl sites for hydroxylation is 2. The van der Waals surface area contributed by atoms with Gasteiger partial charge in [-0.3, -0.25) is 9.59 Å². The lowest BCUT2D eigenvalue weighted by atomic mass is 10.1. The largest absolute Gasteiger partial charge is 0.360 e. The van der Waals surface area contributed by atoms with Crippen LogP contribution in [0.5, 0.6) is 0 Å². The number of halogens is 1. The van der Waals surface area contributed by atoms with Gasteiger partial charge in [0.1, 0.15) is 12.0 Å². The molecule has 1 fully saturated rings. The number of carbonyl (C=O) groups excluding carboxylic acids is 2. The highest BCUT2D eigenvalue weighted by atomic mass is 32.2. The third-order valence-corrected chi connectivity index (χ3v) is 7.34. The van der Waals surface area contributed by atoms with E-state index in [1.807, 2.05) is 30.3 Å². The number of benzene rings is 2. The summed E-state index contributed by atoms with van der Waals surface area (Å²) in [6.07, 6.45) is 0.959. The van der Waals surface area contributed by atoms with Crippen molar-refractivity contribution >= 4 is 21.8 Å². The fourth-order valence-corrected chi connectivity index (χ4v) is 5.38. The highest BCUT2D eigenvalue weighted by Crippen LogP contribution is 2.25. The molecule has 0 radical (unpaired) electrons. The molecule has 1 saturated heterocycles. The molecule has 0 spiro atoms. The molecular formula is C23H28FN3O5S. The summed E-state index contributed by atoms with van der Waals surface area (Å²) in [6, 6.07) is 13.2. The molecule has 0 unspecified atom stereocenters. The van der Waals surface area contributed by atoms with E-state index in [1.54, 1.807) is 0 Å². The van der Waals surface area contributed by atoms with E-state index >= 15 is 0 Å². The van der Waals surface area contributed by atoms with Crippen LogP contribution >= 0.6 is 0 Å². The Morgan fingerprint density at radius 1 is 1.12 bits per heavy atom. The fraction of sp³-hybridized carbons (Fsp3) is 0.391. The quantitative estimate of drug-likeness (QED) is 0.445. The number of nitrogens with zero attached hydrogens (tertiary/aromatic N) is 1. The van der Waals surface area contributed by atoms with E-state index in [0.717, 1.165) is 28.4 Å². The molecule has 0 bridgehead atoms. The van der Waals surface area contributed by atoms with E-state index in [0.29, 0.717) is 26.0 Å². The second-order valence-electron chi connectivity index (χ2n) is 7.76. The van der Waals surface area contributed by atoms with Crippen LogP contribution in [0.2, 0.25) is 0 Å². The first kappa shape index (κ1) is 24.8. The lowest BCUT2D eigenvalue weighted by molar-refractivity contribution is -0.140. The molecule has 0 aliphatic carbocycles. The smallest absolute Gasteiger partial charge is 0.309 e. The molecule has 2 N–H and O–H groups in total. The van der Waals surface area contributed by atoms with Crippen molar-refractivity contribution in [3.63, 3.8) is 0 Å². The third-order valence-electron chi connectivity index (χ3n) is 5.29. The Balaban J connectivity index is 1.53. The lowest BCUT2D eigenvalue weighted by Gasteiger charge is -2.34. The van der Waals surface area contributed by atoms with Crippen molar-refractivity contribution in [2.45, 2.75) is 37.3 Å². The monoisotopic (exact) mass is 477 g/mol. The van der Waals surface area contributed by atoms with Crippen LogP contribution < -0.4 is 10.6 Å². The molecule has 10 heteroatoms. The Kier molecular flexibility index (Phi) is 8.54. The first-order valence-electron chi connectivity index (χ1n) is 10.8. The summed E-state index contributed by atoms with van der Waals surface area (Å²) < 4.78 is 46.4. The van der Waals surface area contributed by atoms with E-state index < -0.39 is 33.9 Å². The van der Waals surface area contributed by atoms with Crippen molar-refractivity contribution < 1.29 is 27.1 Å². The van der Waals surface area contributed by atoms with Gasteiger partial charge in [-0.2, -0.15) is 4.31 Å². The summed E-state index contributed by atoms with van der Waals surface area (Å²) >= 11 is 0. The molecule has 2 amide bonds. The Labute approximate surface area is 193 Å². The van der Waals surface area contributed by atoms with Gasteiger partial charge < -0.3 is 15.4 Å². The summed E-state index contributed by atoms with van der Waals surface area (Å²) in [6.45, 7) is 2.17. The maximum absolute atomic E-state index is 13.4. The first-order chi connectivity index (χ1) is 15.8. The Morgan fingerprint density at radius 2 is 1.85 bits per heavy atom. The molecule has 1 aliphatic heterocycles. The molecule has 1 aliphatic rings. The number of rotatable bonds is 8. The van der Waals surface area contributed by atoms with Gasteiger partial charge in [-0.1, -0.05) is 30.3 Å². The average molecular weight is 478 g/mol. The molecule has 1 atom stereocenters. The normalized spacial score (nSPS) is 16.8. The number of amides is 2. The molecule has 8 nitrogen and oxygen atoms in total. The minimum Gasteiger partial charge on any atom is -0.360 e. The van der Waals surface area contributed by atoms with Gasteiger partial charge in [0.05, 0.1) is 18.0 Å². The predicted molar refractivity (Wildman–Crippen MR) is 120 cm³/mol. The highest BCUT2D eigenvalue weighted by Gasteiger charge is 2.35. The zero-order valence-corrected chi connectivity index (χ0v) is 19.2. The van der Waals surface area contributed by atoms with E-state index in [1.165, 1.54) is 13.0 Å². The maximum atomic E-state index is 13.4. The topological polar surface area (TPSA) is 105 Å². The van der Waals surface area contributed by atoms with Gasteiger partial charge in [0.15, 0.2) is 0 Å². The predicted octanol–water partition coefficient (Wildman–Crippen LogP) is 1.74. The molecule has 0 aromatic heterocycles. The average Bonchev–Trinajstić information content (AvgIpc) is 2.80. The Morgan fingerprint density at radius 3 is 2.58 bits per heavy atom. The van der Waals surface area contributed by atoms with E-state index in [9.17, 15) is 22.4 Å². The van der Waals surface area contributed by atoms with Gasteiger partial charge in [-0.05, 0) is 55.5 Å². The van der Waals surface area contributed by atoms with Gasteiger partial charge in [-0.15, -0.1) is 0 Å². The van der Waals surface area contributed by atoms with Gasteiger partial charge in [0.25, 0.3) is 0 Å². The van der Waals surface area contributed by atoms with Crippen LogP contribution in [-0.2, 0) is 30.8 Å². The SMILES string of the molecule is Cc1cc(F)ccc1S(=O)(=O)N1CCCO[C@@H]1CNC(=O)C(=O)NCCCc1ccccc1. The van der Waals surface area contributed by atoms with Crippen LogP contribution in [0.3, 0.4) is 0 Å². The van der Waals surface area contributed by atoms with Crippen LogP contribution in [0.4, 0.5) is 4.39 Å². The lowest BCUT2D eigenvalue weighted by Crippen LogP contribution is -2.53. The van der Waals surface area contributed by atoms with Crippen LogP contribution in [0.1, 0.15) is 24.0 Å². The second kappa shape index (κ2) is 11.4. The summed E-state index contributed by atoms with van der Waals surface area (Å²) in [4.78, 5) is 24.2. The van der Waals surface area contributed by atoms with Crippen molar-refractivity contribution in [1.29, 1.82) is 0 Å². The van der Waals surface area contributed by atoms with Crippen molar-refractivity contribution in [2.24, 2.45) is 0 Å². The Bertz CT molecular complexity index is 1080. The second-order valence-corrected chi connectivity index (χ2v) is 9.62. The van der Waals surface area contributed by atoms with E-state index in [-0.39, 0.29) is 23.5 Å². The molecule has 33 heavy (non-hydrogen) atoms. The van der Waals surface area contributed by atoms with Gasteiger partial charge in [0, 0.05) is 13.1 Å². The molecular weight excluding hydrogens is 449 g/mol. The first-order valence-corrected chi connectivity index (χ1v) is 12.2. The van der Waals surface area contributed by atoms with Crippen LogP contribution in [0.15, 0.2) is 53.4 Å². The van der Waals surface area contributed by atoms with E-state index in [2.05, 4.69) is 10.6 Å². The molecule has 2 aromatic carbocycles. The molecule has 0 saturated carbocycles. The summed E-state index contributed by atoms with van der Waals surface area (Å²) in [5.41, 5.74) is 1.42. The van der Waals surface area contributed by atoms with Crippen LogP contribution in [-0.4, -0.2) is 57.0 Å². The van der Waals surface area contributed by atoms with Gasteiger partial charge in [-0.25, -0.2) is 12.8 Å². The summed E-state index contributed by atoms with van der Waals surface area (Å²) in [5, 5.41) is 5.01. The fourth-order valence-electron chi connectivity index (χ4n) is 3.61. The van der Waals surface area contributed by atoms with Crippen LogP contribution in [0.25, 0.3) is 0 Å². The van der Waals surface area contributed by atoms with Gasteiger partial charge >= 0.3 is 11.8 Å². The standard InChI is InChI=1S/C23H28FN3O5S/c1-17-15-19(24)10-11-20(17)33(30,31)27-13-6-14-32-21(27)16-26-23(29)22(28)25-12-5-9-18-7-3-2-4-8-18/h2-4,7-8,10-11,15,21H,5-6,9,12-14,16H2,1H3,(H,25,28)(H,26,29)/t21-/m1/s1. The van der Waals surface area contributed by atoms with Crippen molar-refractivity contribution in [2.75, 3.05) is 26.2 Å². The number of hydrogen-bond acceptors (Lipinski definition) is 5. The molecule has 2 aromatic rings. The van der Waals surface area contributed by atoms with Crippen molar-refractivity contribution in [3.05, 3.63) is 65.5 Å². The summed E-state index contributed by atoms with van der Waals surface area (Å²) in [7, 11) is -3.98. The maximum Gasteiger partial charge on any atom is 0.309 e. The molecule has 3 rings (SSSR count). The van der Waals surface area contributed by atoms with Gasteiger partial charge in [0.2, 0.25) is 10.0 Å². The van der Waals surface area contributed by atoms with Crippen molar-refractivity contribution in [1.82, 2.24) is 14.9 Å². The number of hydrogen-bond donors (Lipinski definition) is 2. The zero-order valence-electron chi connectivity index (χ0n) is 18.4. The third kappa shape index (κ3) is 6.59. The Hall–Kier alpha value is -2.82. The minimum absolute atomic E-state index is 0.0260. The number of carbonyl (C=O) groups is 2. The number of nitrogens with one attached hydrogen (secondary N) is 2. The van der Waals surface area contributed by atoms with Crippen molar-refractivity contribution in [3.8, 4) is 0 Å². The van der Waals surface area contributed by atoms with E-state index in [4.69, 9.17) is 4.74 Å².